The van der Waals surface area contributed by atoms with Gasteiger partial charge in [0.25, 0.3) is 11.8 Å². The number of carbonyl (C=O) groups excluding carboxylic acids is 2. The molecule has 0 saturated carbocycles. The molecule has 0 fully saturated rings. The fraction of sp³-hybridized carbons (Fsp3) is 0.269. The first-order valence-electron chi connectivity index (χ1n) is 11.5. The summed E-state index contributed by atoms with van der Waals surface area (Å²) in [5, 5.41) is 23.9. The van der Waals surface area contributed by atoms with Gasteiger partial charge in [-0.3, -0.25) is 14.7 Å². The summed E-state index contributed by atoms with van der Waals surface area (Å²) < 4.78 is 5.32. The zero-order chi connectivity index (χ0) is 24.5. The van der Waals surface area contributed by atoms with E-state index in [-0.39, 0.29) is 23.9 Å². The van der Waals surface area contributed by atoms with Crippen molar-refractivity contribution in [3.05, 3.63) is 75.2 Å². The minimum Gasteiger partial charge on any atom is -0.507 e. The highest BCUT2D eigenvalue weighted by molar-refractivity contribution is 7.17. The predicted octanol–water partition coefficient (Wildman–Crippen LogP) is 5.11. The average molecular weight is 491 g/mol. The molecule has 4 aromatic rings. The lowest BCUT2D eigenvalue weighted by atomic mass is 9.95. The van der Waals surface area contributed by atoms with Crippen molar-refractivity contribution in [1.29, 1.82) is 0 Å². The molecule has 0 radical (unpaired) electrons. The monoisotopic (exact) mass is 490 g/mol. The Kier molecular flexibility index (Phi) is 6.17. The van der Waals surface area contributed by atoms with Crippen LogP contribution in [0.1, 0.15) is 61.0 Å². The highest BCUT2D eigenvalue weighted by Gasteiger charge is 2.27. The molecule has 1 aromatic carbocycles. The number of furan rings is 1. The molecular formula is C26H26N4O4S. The number of phenolic OH excluding ortho intramolecular Hbond substituents is 1. The Balaban J connectivity index is 1.39. The zero-order valence-electron chi connectivity index (χ0n) is 19.5. The van der Waals surface area contributed by atoms with Crippen LogP contribution in [0.25, 0.3) is 11.3 Å². The predicted molar refractivity (Wildman–Crippen MR) is 134 cm³/mol. The number of aromatic hydroxyl groups is 1. The maximum absolute atomic E-state index is 13.2. The second kappa shape index (κ2) is 9.42. The summed E-state index contributed by atoms with van der Waals surface area (Å²) in [6.45, 7) is 4.03. The first-order valence-corrected chi connectivity index (χ1v) is 12.4. The van der Waals surface area contributed by atoms with Crippen molar-refractivity contribution in [2.75, 3.05) is 5.32 Å². The van der Waals surface area contributed by atoms with Crippen LogP contribution in [0.4, 0.5) is 5.00 Å². The summed E-state index contributed by atoms with van der Waals surface area (Å²) >= 11 is 1.46. The fourth-order valence-electron chi connectivity index (χ4n) is 4.32. The lowest BCUT2D eigenvalue weighted by molar-refractivity contribution is 0.0948. The van der Waals surface area contributed by atoms with Gasteiger partial charge in [0, 0.05) is 10.4 Å². The number of carbonyl (C=O) groups is 2. The molecule has 35 heavy (non-hydrogen) atoms. The molecule has 5 rings (SSSR count). The molecule has 1 aliphatic carbocycles. The maximum Gasteiger partial charge on any atom is 0.274 e. The molecule has 0 saturated heterocycles. The lowest BCUT2D eigenvalue weighted by Gasteiger charge is -2.13. The standard InChI is InChI=1S/C26H26N4O4S/c1-14-9-10-17(23(31)15(14)2)19-12-20(30-29-19)24(32)28-26-22(18-7-3-4-8-21(18)35-26)25(33)27-13-16-6-5-11-34-16/h5-6,9-12,31H,3-4,7-8,13H2,1-2H3,(H,27,33)(H,28,32)(H,29,30). The second-order valence-corrected chi connectivity index (χ2v) is 9.81. The first kappa shape index (κ1) is 22.9. The van der Waals surface area contributed by atoms with Gasteiger partial charge in [-0.1, -0.05) is 6.07 Å². The van der Waals surface area contributed by atoms with Crippen molar-refractivity contribution in [3.63, 3.8) is 0 Å². The molecule has 3 aromatic heterocycles. The maximum atomic E-state index is 13.2. The van der Waals surface area contributed by atoms with Crippen molar-refractivity contribution in [1.82, 2.24) is 15.5 Å². The summed E-state index contributed by atoms with van der Waals surface area (Å²) in [5.41, 5.74) is 4.54. The van der Waals surface area contributed by atoms with Crippen LogP contribution in [-0.4, -0.2) is 27.1 Å². The third-order valence-electron chi connectivity index (χ3n) is 6.43. The van der Waals surface area contributed by atoms with Crippen molar-refractivity contribution < 1.29 is 19.1 Å². The third-order valence-corrected chi connectivity index (χ3v) is 7.64. The summed E-state index contributed by atoms with van der Waals surface area (Å²) in [7, 11) is 0. The Morgan fingerprint density at radius 2 is 2.00 bits per heavy atom. The van der Waals surface area contributed by atoms with Crippen LogP contribution >= 0.6 is 11.3 Å². The zero-order valence-corrected chi connectivity index (χ0v) is 20.3. The lowest BCUT2D eigenvalue weighted by Crippen LogP contribution is -2.25. The molecule has 1 aliphatic rings. The molecule has 9 heteroatoms. The fourth-order valence-corrected chi connectivity index (χ4v) is 5.60. The molecule has 2 amide bonds. The highest BCUT2D eigenvalue weighted by Crippen LogP contribution is 2.38. The van der Waals surface area contributed by atoms with Crippen molar-refractivity contribution in [2.24, 2.45) is 0 Å². The van der Waals surface area contributed by atoms with Gasteiger partial charge in [0.05, 0.1) is 24.1 Å². The van der Waals surface area contributed by atoms with E-state index in [2.05, 4.69) is 20.8 Å². The van der Waals surface area contributed by atoms with Crippen LogP contribution in [-0.2, 0) is 19.4 Å². The highest BCUT2D eigenvalue weighted by atomic mass is 32.1. The van der Waals surface area contributed by atoms with Gasteiger partial charge in [0.15, 0.2) is 0 Å². The molecule has 0 spiro atoms. The molecule has 0 aliphatic heterocycles. The van der Waals surface area contributed by atoms with Gasteiger partial charge in [-0.15, -0.1) is 11.3 Å². The quantitative estimate of drug-likeness (QED) is 0.299. The average Bonchev–Trinajstić information content (AvgIpc) is 3.61. The number of nitrogens with one attached hydrogen (secondary N) is 3. The Morgan fingerprint density at radius 1 is 1.17 bits per heavy atom. The molecule has 0 bridgehead atoms. The van der Waals surface area contributed by atoms with E-state index in [0.29, 0.717) is 27.6 Å². The molecule has 0 atom stereocenters. The van der Waals surface area contributed by atoms with E-state index < -0.39 is 5.91 Å². The minimum atomic E-state index is -0.397. The summed E-state index contributed by atoms with van der Waals surface area (Å²) in [4.78, 5) is 27.4. The molecular weight excluding hydrogens is 464 g/mol. The normalized spacial score (nSPS) is 12.9. The number of aromatic nitrogens is 2. The van der Waals surface area contributed by atoms with Gasteiger partial charge in [-0.05, 0) is 80.5 Å². The third kappa shape index (κ3) is 4.46. The van der Waals surface area contributed by atoms with Crippen LogP contribution in [0, 0.1) is 13.8 Å². The number of benzene rings is 1. The van der Waals surface area contributed by atoms with Crippen LogP contribution in [0.15, 0.2) is 41.0 Å². The largest absolute Gasteiger partial charge is 0.507 e. The van der Waals surface area contributed by atoms with Gasteiger partial charge in [0.1, 0.15) is 22.2 Å². The number of rotatable bonds is 6. The van der Waals surface area contributed by atoms with Crippen molar-refractivity contribution in [3.8, 4) is 17.0 Å². The van der Waals surface area contributed by atoms with E-state index in [4.69, 9.17) is 4.42 Å². The number of phenols is 1. The van der Waals surface area contributed by atoms with Crippen molar-refractivity contribution >= 4 is 28.2 Å². The smallest absolute Gasteiger partial charge is 0.274 e. The van der Waals surface area contributed by atoms with E-state index >= 15 is 0 Å². The van der Waals surface area contributed by atoms with Gasteiger partial charge >= 0.3 is 0 Å². The van der Waals surface area contributed by atoms with E-state index in [0.717, 1.165) is 47.3 Å². The topological polar surface area (TPSA) is 120 Å². The Hall–Kier alpha value is -3.85. The number of hydrogen-bond donors (Lipinski definition) is 4. The van der Waals surface area contributed by atoms with E-state index in [1.165, 1.54) is 11.3 Å². The molecule has 180 valence electrons. The number of amides is 2. The number of thiophene rings is 1. The van der Waals surface area contributed by atoms with E-state index in [9.17, 15) is 14.7 Å². The minimum absolute atomic E-state index is 0.143. The molecule has 8 nitrogen and oxygen atoms in total. The number of aromatic amines is 1. The first-order chi connectivity index (χ1) is 16.9. The van der Waals surface area contributed by atoms with Crippen LogP contribution in [0.2, 0.25) is 0 Å². The van der Waals surface area contributed by atoms with Gasteiger partial charge in [-0.2, -0.15) is 5.10 Å². The summed E-state index contributed by atoms with van der Waals surface area (Å²) in [6.07, 6.45) is 5.35. The molecule has 0 unspecified atom stereocenters. The summed E-state index contributed by atoms with van der Waals surface area (Å²) in [5.74, 6) is 0.171. The molecule has 4 N–H and O–H groups in total. The van der Waals surface area contributed by atoms with Crippen LogP contribution in [0.5, 0.6) is 5.75 Å². The van der Waals surface area contributed by atoms with Crippen molar-refractivity contribution in [2.45, 2.75) is 46.1 Å². The number of H-pyrrole nitrogens is 1. The van der Waals surface area contributed by atoms with Crippen LogP contribution < -0.4 is 10.6 Å². The van der Waals surface area contributed by atoms with E-state index in [1.807, 2.05) is 19.9 Å². The second-order valence-electron chi connectivity index (χ2n) is 8.70. The van der Waals surface area contributed by atoms with Crippen LogP contribution in [0.3, 0.4) is 0 Å². The number of anilines is 1. The van der Waals surface area contributed by atoms with Gasteiger partial charge in [0.2, 0.25) is 0 Å². The number of hydrogen-bond acceptors (Lipinski definition) is 6. The SMILES string of the molecule is Cc1ccc(-c2cc(C(=O)Nc3sc4c(c3C(=O)NCc3ccco3)CCCC4)[nH]n2)c(O)c1C. The Morgan fingerprint density at radius 3 is 2.80 bits per heavy atom. The molecule has 3 heterocycles. The van der Waals surface area contributed by atoms with E-state index in [1.54, 1.807) is 30.5 Å². The Labute approximate surface area is 206 Å². The number of nitrogens with zero attached hydrogens (tertiary/aromatic N) is 1. The van der Waals surface area contributed by atoms with Gasteiger partial charge in [-0.25, -0.2) is 0 Å². The number of fused-ring (bicyclic) bond motifs is 1. The number of aryl methyl sites for hydroxylation is 2. The summed E-state index contributed by atoms with van der Waals surface area (Å²) in [6, 6.07) is 8.86. The van der Waals surface area contributed by atoms with Gasteiger partial charge < -0.3 is 20.2 Å². The Bertz CT molecular complexity index is 1400.